The van der Waals surface area contributed by atoms with E-state index < -0.39 is 0 Å². The van der Waals surface area contributed by atoms with Crippen molar-refractivity contribution < 1.29 is 0 Å². The zero-order chi connectivity index (χ0) is 7.11. The van der Waals surface area contributed by atoms with Gasteiger partial charge in [0.1, 0.15) is 0 Å². The summed E-state index contributed by atoms with van der Waals surface area (Å²) >= 11 is 1.87. The van der Waals surface area contributed by atoms with Crippen molar-refractivity contribution in [3.8, 4) is 0 Å². The number of rotatable bonds is 0. The van der Waals surface area contributed by atoms with Crippen LogP contribution in [0.3, 0.4) is 0 Å². The quantitative estimate of drug-likeness (QED) is 0.510. The van der Waals surface area contributed by atoms with E-state index in [4.69, 9.17) is 0 Å². The Balaban J connectivity index is 0.000000291. The van der Waals surface area contributed by atoms with E-state index in [2.05, 4.69) is 11.9 Å². The minimum atomic E-state index is 1.05. The third-order valence-corrected chi connectivity index (χ3v) is 1.99. The van der Waals surface area contributed by atoms with Gasteiger partial charge in [0.25, 0.3) is 0 Å². The molecule has 0 aromatic heterocycles. The second-order valence-electron chi connectivity index (χ2n) is 1.60. The van der Waals surface area contributed by atoms with Gasteiger partial charge in [0, 0.05) is 12.3 Å². The van der Waals surface area contributed by atoms with E-state index in [1.165, 1.54) is 17.2 Å². The average Bonchev–Trinajstić information content (AvgIpc) is 1.94. The van der Waals surface area contributed by atoms with Gasteiger partial charge in [-0.25, -0.2) is 0 Å². The normalized spacial score (nSPS) is 17.4. The van der Waals surface area contributed by atoms with Crippen molar-refractivity contribution in [2.45, 2.75) is 27.2 Å². The molecule has 1 nitrogen and oxygen atoms in total. The molecule has 0 aliphatic carbocycles. The van der Waals surface area contributed by atoms with E-state index >= 15 is 0 Å². The number of thioether (sulfide) groups is 1. The zero-order valence-electron chi connectivity index (χ0n) is 6.48. The fourth-order valence-corrected chi connectivity index (χ4v) is 1.32. The number of aliphatic imine (C=N–C) groups is 1. The number of nitrogens with zero attached hydrogens (tertiary/aromatic N) is 1. The summed E-state index contributed by atoms with van der Waals surface area (Å²) in [6, 6.07) is 0. The second-order valence-corrected chi connectivity index (χ2v) is 2.89. The summed E-state index contributed by atoms with van der Waals surface area (Å²) in [6.45, 7) is 7.13. The third kappa shape index (κ3) is 4.52. The van der Waals surface area contributed by atoms with Gasteiger partial charge in [-0.15, -0.1) is 11.8 Å². The van der Waals surface area contributed by atoms with Crippen molar-refractivity contribution >= 4 is 16.8 Å². The Morgan fingerprint density at radius 3 is 2.33 bits per heavy atom. The van der Waals surface area contributed by atoms with Crippen LogP contribution in [0.15, 0.2) is 4.99 Å². The minimum absolute atomic E-state index is 1.05. The summed E-state index contributed by atoms with van der Waals surface area (Å²) in [4.78, 5) is 4.21. The monoisotopic (exact) mass is 145 g/mol. The highest BCUT2D eigenvalue weighted by atomic mass is 32.2. The molecule has 0 unspecified atom stereocenters. The van der Waals surface area contributed by atoms with E-state index in [9.17, 15) is 0 Å². The summed E-state index contributed by atoms with van der Waals surface area (Å²) in [5.74, 6) is 1.27. The van der Waals surface area contributed by atoms with Crippen LogP contribution in [0, 0.1) is 0 Å². The highest BCUT2D eigenvalue weighted by Crippen LogP contribution is 2.10. The van der Waals surface area contributed by atoms with E-state index in [-0.39, 0.29) is 0 Å². The van der Waals surface area contributed by atoms with Crippen molar-refractivity contribution in [1.82, 2.24) is 0 Å². The first-order valence-electron chi connectivity index (χ1n) is 3.53. The predicted molar refractivity (Wildman–Crippen MR) is 46.4 cm³/mol. The summed E-state index contributed by atoms with van der Waals surface area (Å²) in [6.07, 6.45) is 1.27. The van der Waals surface area contributed by atoms with Crippen LogP contribution in [0.1, 0.15) is 27.2 Å². The second kappa shape index (κ2) is 6.14. The fraction of sp³-hybridized carbons (Fsp3) is 0.857. The lowest BCUT2D eigenvalue weighted by Crippen LogP contribution is -1.98. The van der Waals surface area contributed by atoms with Gasteiger partial charge in [-0.3, -0.25) is 4.99 Å². The first-order chi connectivity index (χ1) is 4.39. The van der Waals surface area contributed by atoms with Crippen LogP contribution in [0.5, 0.6) is 0 Å². The van der Waals surface area contributed by atoms with Crippen LogP contribution >= 0.6 is 11.8 Å². The van der Waals surface area contributed by atoms with Gasteiger partial charge in [-0.2, -0.15) is 0 Å². The van der Waals surface area contributed by atoms with Crippen LogP contribution in [-0.2, 0) is 0 Å². The van der Waals surface area contributed by atoms with Crippen molar-refractivity contribution in [2.75, 3.05) is 12.3 Å². The minimum Gasteiger partial charge on any atom is -0.283 e. The SMILES string of the molecule is CC.CC1=NCCCS1. The molecule has 0 fully saturated rings. The molecule has 1 aliphatic rings. The van der Waals surface area contributed by atoms with E-state index in [0.717, 1.165) is 6.54 Å². The molecule has 0 amide bonds. The topological polar surface area (TPSA) is 12.4 Å². The summed E-state index contributed by atoms with van der Waals surface area (Å²) in [5, 5.41) is 1.26. The Morgan fingerprint density at radius 1 is 1.44 bits per heavy atom. The molecule has 1 aliphatic heterocycles. The highest BCUT2D eigenvalue weighted by molar-refractivity contribution is 8.13. The maximum absolute atomic E-state index is 4.21. The van der Waals surface area contributed by atoms with Gasteiger partial charge < -0.3 is 0 Å². The van der Waals surface area contributed by atoms with Crippen LogP contribution in [0.25, 0.3) is 0 Å². The highest BCUT2D eigenvalue weighted by Gasteiger charge is 1.97. The molecule has 0 atom stereocenters. The van der Waals surface area contributed by atoms with Crippen LogP contribution in [-0.4, -0.2) is 17.3 Å². The molecule has 0 N–H and O–H groups in total. The summed E-state index contributed by atoms with van der Waals surface area (Å²) < 4.78 is 0. The molecule has 0 spiro atoms. The van der Waals surface area contributed by atoms with E-state index in [1.54, 1.807) is 0 Å². The van der Waals surface area contributed by atoms with Crippen LogP contribution < -0.4 is 0 Å². The molecule has 1 rings (SSSR count). The zero-order valence-corrected chi connectivity index (χ0v) is 7.29. The Kier molecular flexibility index (Phi) is 6.16. The van der Waals surface area contributed by atoms with Gasteiger partial charge in [-0.05, 0) is 13.3 Å². The molecule has 54 valence electrons. The molecular weight excluding hydrogens is 130 g/mol. The first-order valence-corrected chi connectivity index (χ1v) is 4.52. The summed E-state index contributed by atoms with van der Waals surface area (Å²) in [5.41, 5.74) is 0. The molecule has 0 aromatic rings. The lowest BCUT2D eigenvalue weighted by Gasteiger charge is -2.04. The molecule has 0 saturated carbocycles. The number of hydrogen-bond donors (Lipinski definition) is 0. The maximum Gasteiger partial charge on any atom is 0.0644 e. The average molecular weight is 145 g/mol. The van der Waals surface area contributed by atoms with Crippen molar-refractivity contribution in [2.24, 2.45) is 4.99 Å². The van der Waals surface area contributed by atoms with Crippen molar-refractivity contribution in [3.05, 3.63) is 0 Å². The molecule has 0 saturated heterocycles. The Bertz CT molecular complexity index is 88.9. The standard InChI is InChI=1S/C5H9NS.C2H6/c1-5-6-3-2-4-7-5;1-2/h2-4H2,1H3;1-2H3. The van der Waals surface area contributed by atoms with Crippen molar-refractivity contribution in [3.63, 3.8) is 0 Å². The fourth-order valence-electron chi connectivity index (χ4n) is 0.567. The van der Waals surface area contributed by atoms with Crippen molar-refractivity contribution in [1.29, 1.82) is 0 Å². The maximum atomic E-state index is 4.21. The Morgan fingerprint density at radius 2 is 2.11 bits per heavy atom. The number of hydrogen-bond acceptors (Lipinski definition) is 2. The van der Waals surface area contributed by atoms with Gasteiger partial charge in [0.2, 0.25) is 0 Å². The lowest BCUT2D eigenvalue weighted by molar-refractivity contribution is 0.938. The van der Waals surface area contributed by atoms with Gasteiger partial charge in [-0.1, -0.05) is 13.8 Å². The molecule has 0 aromatic carbocycles. The van der Waals surface area contributed by atoms with Gasteiger partial charge >= 0.3 is 0 Å². The molecule has 0 radical (unpaired) electrons. The largest absolute Gasteiger partial charge is 0.283 e. The Labute approximate surface area is 61.9 Å². The molecular formula is C7H15NS. The van der Waals surface area contributed by atoms with E-state index in [0.29, 0.717) is 0 Å². The van der Waals surface area contributed by atoms with Crippen LogP contribution in [0.2, 0.25) is 0 Å². The summed E-state index contributed by atoms with van der Waals surface area (Å²) in [7, 11) is 0. The first kappa shape index (κ1) is 9.02. The Hall–Kier alpha value is 0.0200. The van der Waals surface area contributed by atoms with Gasteiger partial charge in [0.05, 0.1) is 5.04 Å². The molecule has 9 heavy (non-hydrogen) atoms. The third-order valence-electron chi connectivity index (χ3n) is 0.948. The van der Waals surface area contributed by atoms with E-state index in [1.807, 2.05) is 25.6 Å². The predicted octanol–water partition coefficient (Wildman–Crippen LogP) is 2.57. The molecule has 0 bridgehead atoms. The van der Waals surface area contributed by atoms with Crippen LogP contribution in [0.4, 0.5) is 0 Å². The van der Waals surface area contributed by atoms with Gasteiger partial charge in [0.15, 0.2) is 0 Å². The lowest BCUT2D eigenvalue weighted by atomic mass is 10.5. The molecule has 2 heteroatoms. The molecule has 1 heterocycles. The smallest absolute Gasteiger partial charge is 0.0644 e.